The fraction of sp³-hybridized carbons (Fsp3) is 0.333. The van der Waals surface area contributed by atoms with E-state index >= 15 is 0 Å². The molecule has 0 saturated heterocycles. The van der Waals surface area contributed by atoms with Gasteiger partial charge in [-0.1, -0.05) is 13.0 Å². The molecule has 0 radical (unpaired) electrons. The van der Waals surface area contributed by atoms with E-state index in [0.717, 1.165) is 17.7 Å². The normalized spacial score (nSPS) is 10.0. The summed E-state index contributed by atoms with van der Waals surface area (Å²) < 4.78 is 0. The van der Waals surface area contributed by atoms with E-state index in [1.165, 1.54) is 5.56 Å². The van der Waals surface area contributed by atoms with Gasteiger partial charge in [-0.3, -0.25) is 0 Å². The second-order valence-corrected chi connectivity index (χ2v) is 2.64. The summed E-state index contributed by atoms with van der Waals surface area (Å²) in [7, 11) is 0. The van der Waals surface area contributed by atoms with Crippen molar-refractivity contribution in [2.45, 2.75) is 19.9 Å². The Morgan fingerprint density at radius 1 is 1.18 bits per heavy atom. The quantitative estimate of drug-likeness (QED) is 0.624. The molecule has 2 nitrogen and oxygen atoms in total. The van der Waals surface area contributed by atoms with Gasteiger partial charge in [-0.2, -0.15) is 0 Å². The zero-order chi connectivity index (χ0) is 8.27. The van der Waals surface area contributed by atoms with E-state index in [2.05, 4.69) is 13.0 Å². The second kappa shape index (κ2) is 3.39. The highest BCUT2D eigenvalue weighted by Crippen LogP contribution is 2.11. The maximum atomic E-state index is 5.66. The van der Waals surface area contributed by atoms with Crippen LogP contribution in [0.1, 0.15) is 18.1 Å². The number of aryl methyl sites for hydroxylation is 1. The summed E-state index contributed by atoms with van der Waals surface area (Å²) in [5.41, 5.74) is 14.3. The van der Waals surface area contributed by atoms with Crippen molar-refractivity contribution in [3.63, 3.8) is 0 Å². The molecule has 1 aromatic carbocycles. The number of anilines is 1. The molecule has 0 atom stereocenters. The van der Waals surface area contributed by atoms with Crippen LogP contribution in [0.2, 0.25) is 0 Å². The number of hydrogen-bond acceptors (Lipinski definition) is 2. The topological polar surface area (TPSA) is 52.0 Å². The number of hydrogen-bond donors (Lipinski definition) is 2. The molecule has 0 spiro atoms. The van der Waals surface area contributed by atoms with Gasteiger partial charge in [-0.05, 0) is 29.7 Å². The first-order valence-corrected chi connectivity index (χ1v) is 3.84. The molecule has 4 N–H and O–H groups in total. The van der Waals surface area contributed by atoms with E-state index in [0.29, 0.717) is 6.54 Å². The Bertz CT molecular complexity index is 221. The van der Waals surface area contributed by atoms with Crippen molar-refractivity contribution in [2.24, 2.45) is 5.73 Å². The molecule has 2 heteroatoms. The highest BCUT2D eigenvalue weighted by atomic mass is 14.6. The molecule has 0 bridgehead atoms. The van der Waals surface area contributed by atoms with Crippen molar-refractivity contribution >= 4 is 5.69 Å². The molecule has 0 aliphatic heterocycles. The van der Waals surface area contributed by atoms with E-state index in [1.54, 1.807) is 0 Å². The standard InChI is InChI=1S/C9H14N2/c1-2-7-3-8(6-10)5-9(11)4-7/h3-5H,2,6,10-11H2,1H3. The summed E-state index contributed by atoms with van der Waals surface area (Å²) >= 11 is 0. The molecule has 0 aromatic heterocycles. The van der Waals surface area contributed by atoms with Crippen molar-refractivity contribution in [1.82, 2.24) is 0 Å². The van der Waals surface area contributed by atoms with Gasteiger partial charge >= 0.3 is 0 Å². The van der Waals surface area contributed by atoms with Crippen LogP contribution in [0.3, 0.4) is 0 Å². The van der Waals surface area contributed by atoms with Crippen LogP contribution in [0, 0.1) is 0 Å². The molecule has 11 heavy (non-hydrogen) atoms. The third-order valence-electron chi connectivity index (χ3n) is 1.72. The molecular weight excluding hydrogens is 136 g/mol. The van der Waals surface area contributed by atoms with Gasteiger partial charge in [0.05, 0.1) is 0 Å². The zero-order valence-electron chi connectivity index (χ0n) is 6.80. The average Bonchev–Trinajstić information content (AvgIpc) is 2.03. The van der Waals surface area contributed by atoms with Crippen molar-refractivity contribution in [1.29, 1.82) is 0 Å². The van der Waals surface area contributed by atoms with Gasteiger partial charge in [0.25, 0.3) is 0 Å². The Kier molecular flexibility index (Phi) is 2.49. The number of nitrogens with two attached hydrogens (primary N) is 2. The largest absolute Gasteiger partial charge is 0.399 e. The van der Waals surface area contributed by atoms with E-state index in [1.807, 2.05) is 12.1 Å². The molecule has 0 aliphatic carbocycles. The molecule has 60 valence electrons. The minimum atomic E-state index is 0.567. The zero-order valence-corrected chi connectivity index (χ0v) is 6.80. The molecule has 0 unspecified atom stereocenters. The Morgan fingerprint density at radius 3 is 2.36 bits per heavy atom. The SMILES string of the molecule is CCc1cc(N)cc(CN)c1. The van der Waals surface area contributed by atoms with Crippen LogP contribution in [-0.4, -0.2) is 0 Å². The van der Waals surface area contributed by atoms with Crippen LogP contribution in [0.4, 0.5) is 5.69 Å². The maximum absolute atomic E-state index is 5.66. The number of nitrogen functional groups attached to an aromatic ring is 1. The molecule has 1 rings (SSSR count). The van der Waals surface area contributed by atoms with E-state index < -0.39 is 0 Å². The second-order valence-electron chi connectivity index (χ2n) is 2.64. The fourth-order valence-corrected chi connectivity index (χ4v) is 1.11. The Morgan fingerprint density at radius 2 is 1.82 bits per heavy atom. The summed E-state index contributed by atoms with van der Waals surface area (Å²) in [6, 6.07) is 5.99. The van der Waals surface area contributed by atoms with Crippen LogP contribution in [0.15, 0.2) is 18.2 Å². The molecule has 0 aliphatic rings. The summed E-state index contributed by atoms with van der Waals surface area (Å²) in [5, 5.41) is 0. The summed E-state index contributed by atoms with van der Waals surface area (Å²) in [6.45, 7) is 2.67. The Hall–Kier alpha value is -1.02. The summed E-state index contributed by atoms with van der Waals surface area (Å²) in [4.78, 5) is 0. The monoisotopic (exact) mass is 150 g/mol. The molecule has 1 aromatic rings. The van der Waals surface area contributed by atoms with Crippen molar-refractivity contribution < 1.29 is 0 Å². The van der Waals surface area contributed by atoms with Crippen molar-refractivity contribution in [3.05, 3.63) is 29.3 Å². The van der Waals surface area contributed by atoms with Crippen LogP contribution in [0.25, 0.3) is 0 Å². The van der Waals surface area contributed by atoms with E-state index in [9.17, 15) is 0 Å². The molecule has 0 fully saturated rings. The average molecular weight is 150 g/mol. The van der Waals surface area contributed by atoms with Gasteiger partial charge in [0, 0.05) is 12.2 Å². The van der Waals surface area contributed by atoms with E-state index in [-0.39, 0.29) is 0 Å². The first-order valence-electron chi connectivity index (χ1n) is 3.84. The first-order chi connectivity index (χ1) is 5.26. The highest BCUT2D eigenvalue weighted by Gasteiger charge is 1.94. The Balaban J connectivity index is 3.02. The first kappa shape index (κ1) is 8.08. The van der Waals surface area contributed by atoms with Gasteiger partial charge in [-0.25, -0.2) is 0 Å². The number of benzene rings is 1. The Labute approximate surface area is 67.2 Å². The maximum Gasteiger partial charge on any atom is 0.0320 e. The number of rotatable bonds is 2. The predicted octanol–water partition coefficient (Wildman–Crippen LogP) is 1.29. The van der Waals surface area contributed by atoms with Gasteiger partial charge in [0.1, 0.15) is 0 Å². The lowest BCUT2D eigenvalue weighted by Crippen LogP contribution is -1.99. The third-order valence-corrected chi connectivity index (χ3v) is 1.72. The van der Waals surface area contributed by atoms with Gasteiger partial charge in [0.2, 0.25) is 0 Å². The minimum absolute atomic E-state index is 0.567. The van der Waals surface area contributed by atoms with Gasteiger partial charge < -0.3 is 11.5 Å². The third kappa shape index (κ3) is 1.95. The lowest BCUT2D eigenvalue weighted by molar-refractivity contribution is 1.05. The van der Waals surface area contributed by atoms with Crippen molar-refractivity contribution in [2.75, 3.05) is 5.73 Å². The lowest BCUT2D eigenvalue weighted by Gasteiger charge is -2.02. The molecule has 0 amide bonds. The van der Waals surface area contributed by atoms with Crippen molar-refractivity contribution in [3.8, 4) is 0 Å². The van der Waals surface area contributed by atoms with Crippen LogP contribution < -0.4 is 11.5 Å². The minimum Gasteiger partial charge on any atom is -0.399 e. The highest BCUT2D eigenvalue weighted by molar-refractivity contribution is 5.44. The smallest absolute Gasteiger partial charge is 0.0320 e. The summed E-state index contributed by atoms with van der Waals surface area (Å²) in [5.74, 6) is 0. The summed E-state index contributed by atoms with van der Waals surface area (Å²) in [6.07, 6.45) is 1.01. The van der Waals surface area contributed by atoms with Gasteiger partial charge in [0.15, 0.2) is 0 Å². The predicted molar refractivity (Wildman–Crippen MR) is 48.1 cm³/mol. The molecule has 0 saturated carbocycles. The fourth-order valence-electron chi connectivity index (χ4n) is 1.11. The molecular formula is C9H14N2. The van der Waals surface area contributed by atoms with E-state index in [4.69, 9.17) is 11.5 Å². The van der Waals surface area contributed by atoms with Crippen LogP contribution >= 0.6 is 0 Å². The van der Waals surface area contributed by atoms with Crippen LogP contribution in [-0.2, 0) is 13.0 Å². The molecule has 0 heterocycles. The van der Waals surface area contributed by atoms with Gasteiger partial charge in [-0.15, -0.1) is 0 Å². The van der Waals surface area contributed by atoms with Crippen LogP contribution in [0.5, 0.6) is 0 Å². The lowest BCUT2D eigenvalue weighted by atomic mass is 10.1.